The number of alkyl halides is 2. The van der Waals surface area contributed by atoms with Gasteiger partial charge in [0.15, 0.2) is 0 Å². The fourth-order valence-electron chi connectivity index (χ4n) is 3.30. The number of nitrogens with one attached hydrogen (secondary N) is 4. The van der Waals surface area contributed by atoms with Crippen molar-refractivity contribution in [1.29, 1.82) is 0 Å². The highest BCUT2D eigenvalue weighted by Gasteiger charge is 2.67. The number of halogens is 5. The van der Waals surface area contributed by atoms with Gasteiger partial charge in [-0.25, -0.2) is 10.2 Å². The normalized spacial score (nSPS) is 18.4. The van der Waals surface area contributed by atoms with Gasteiger partial charge < -0.3 is 10.6 Å². The maximum atomic E-state index is 12.9. The second-order valence-corrected chi connectivity index (χ2v) is 10.4. The van der Waals surface area contributed by atoms with Gasteiger partial charge in [0, 0.05) is 27.7 Å². The zero-order valence-electron chi connectivity index (χ0n) is 17.3. The number of carbonyl (C=O) groups excluding carboxylic acids is 3. The zero-order valence-corrected chi connectivity index (χ0v) is 21.1. The molecule has 1 aliphatic rings. The molecule has 0 aliphatic heterocycles. The second-order valence-electron chi connectivity index (χ2n) is 7.72. The number of hydrogen-bond donors (Lipinski definition) is 4. The summed E-state index contributed by atoms with van der Waals surface area (Å²) in [6.07, 6.45) is 0. The van der Waals surface area contributed by atoms with Crippen LogP contribution in [0.2, 0.25) is 15.1 Å². The van der Waals surface area contributed by atoms with Gasteiger partial charge >= 0.3 is 6.03 Å². The van der Waals surface area contributed by atoms with Crippen LogP contribution in [0.3, 0.4) is 0 Å². The molecule has 176 valence electrons. The summed E-state index contributed by atoms with van der Waals surface area (Å²) in [6, 6.07) is 8.50. The van der Waals surface area contributed by atoms with Crippen molar-refractivity contribution in [2.75, 3.05) is 5.32 Å². The molecular weight excluding hydrogens is 534 g/mol. The molecule has 33 heavy (non-hydrogen) atoms. The summed E-state index contributed by atoms with van der Waals surface area (Å²) < 4.78 is -1.35. The molecule has 0 radical (unpaired) electrons. The van der Waals surface area contributed by atoms with Crippen LogP contribution in [0.15, 0.2) is 36.4 Å². The van der Waals surface area contributed by atoms with Gasteiger partial charge in [0.05, 0.1) is 16.5 Å². The fourth-order valence-corrected chi connectivity index (χ4v) is 4.87. The molecule has 12 heteroatoms. The van der Waals surface area contributed by atoms with E-state index in [9.17, 15) is 14.4 Å². The number of hydrogen-bond acceptors (Lipinski definition) is 3. The second kappa shape index (κ2) is 10.2. The standard InChI is InChI=1S/C21H19Cl5N4O3/c1-9(2)27-20(33)30-29-18(31)14-8-13(3-4-15(14)24)28-19(32)17-16(21(17,25)26)10-5-11(22)7-12(23)6-10/h3-9,16-17H,1-2H3,(H,28,32)(H,29,31)(H2,27,30,33). The smallest absolute Gasteiger partial charge is 0.333 e. The molecule has 4 N–H and O–H groups in total. The first-order valence-corrected chi connectivity index (χ1v) is 11.6. The highest BCUT2D eigenvalue weighted by Crippen LogP contribution is 2.65. The Morgan fingerprint density at radius 2 is 1.58 bits per heavy atom. The summed E-state index contributed by atoms with van der Waals surface area (Å²) >= 11 is 31.0. The number of hydrazine groups is 1. The number of benzene rings is 2. The number of rotatable bonds is 5. The van der Waals surface area contributed by atoms with E-state index in [-0.39, 0.29) is 16.6 Å². The first kappa shape index (κ1) is 25.7. The molecule has 3 rings (SSSR count). The molecule has 7 nitrogen and oxygen atoms in total. The van der Waals surface area contributed by atoms with Gasteiger partial charge in [-0.15, -0.1) is 23.2 Å². The van der Waals surface area contributed by atoms with Crippen molar-refractivity contribution in [2.45, 2.75) is 30.1 Å². The minimum absolute atomic E-state index is 0.0382. The highest BCUT2D eigenvalue weighted by molar-refractivity contribution is 6.53. The highest BCUT2D eigenvalue weighted by atomic mass is 35.5. The lowest BCUT2D eigenvalue weighted by Crippen LogP contribution is -2.48. The Bertz CT molecular complexity index is 1090. The van der Waals surface area contributed by atoms with Crippen molar-refractivity contribution in [3.63, 3.8) is 0 Å². The molecule has 0 bridgehead atoms. The molecule has 2 atom stereocenters. The Kier molecular flexibility index (Phi) is 7.91. The summed E-state index contributed by atoms with van der Waals surface area (Å²) in [5.74, 6) is -2.42. The summed E-state index contributed by atoms with van der Waals surface area (Å²) in [6.45, 7) is 3.54. The first-order chi connectivity index (χ1) is 15.4. The van der Waals surface area contributed by atoms with E-state index in [1.54, 1.807) is 32.0 Å². The van der Waals surface area contributed by atoms with E-state index < -0.39 is 34.0 Å². The predicted molar refractivity (Wildman–Crippen MR) is 131 cm³/mol. The molecule has 0 heterocycles. The quantitative estimate of drug-likeness (QED) is 0.290. The van der Waals surface area contributed by atoms with E-state index in [0.717, 1.165) is 0 Å². The van der Waals surface area contributed by atoms with E-state index in [2.05, 4.69) is 21.5 Å². The van der Waals surface area contributed by atoms with Gasteiger partial charge in [-0.2, -0.15) is 0 Å². The van der Waals surface area contributed by atoms with Gasteiger partial charge in [0.25, 0.3) is 5.91 Å². The third-order valence-corrected chi connectivity index (χ3v) is 6.47. The first-order valence-electron chi connectivity index (χ1n) is 9.71. The Balaban J connectivity index is 1.70. The van der Waals surface area contributed by atoms with Crippen LogP contribution >= 0.6 is 58.0 Å². The average Bonchev–Trinajstić information content (AvgIpc) is 3.28. The molecule has 1 fully saturated rings. The van der Waals surface area contributed by atoms with Crippen LogP contribution in [-0.4, -0.2) is 28.2 Å². The maximum Gasteiger partial charge on any atom is 0.333 e. The van der Waals surface area contributed by atoms with Crippen molar-refractivity contribution in [1.82, 2.24) is 16.2 Å². The van der Waals surface area contributed by atoms with Crippen molar-refractivity contribution < 1.29 is 14.4 Å². The Labute approximate surface area is 215 Å². The Morgan fingerprint density at radius 3 is 2.18 bits per heavy atom. The zero-order chi connectivity index (χ0) is 24.5. The minimum atomic E-state index is -1.35. The molecular formula is C21H19Cl5N4O3. The monoisotopic (exact) mass is 550 g/mol. The molecule has 0 spiro atoms. The maximum absolute atomic E-state index is 12.9. The van der Waals surface area contributed by atoms with Crippen LogP contribution in [0.1, 0.15) is 35.7 Å². The molecule has 1 saturated carbocycles. The fraction of sp³-hybridized carbons (Fsp3) is 0.286. The average molecular weight is 553 g/mol. The van der Waals surface area contributed by atoms with Crippen molar-refractivity contribution in [2.24, 2.45) is 5.92 Å². The van der Waals surface area contributed by atoms with Crippen molar-refractivity contribution in [3.8, 4) is 0 Å². The number of anilines is 1. The molecule has 2 unspecified atom stereocenters. The van der Waals surface area contributed by atoms with Crippen LogP contribution in [0.25, 0.3) is 0 Å². The largest absolute Gasteiger partial charge is 0.335 e. The number of amides is 4. The van der Waals surface area contributed by atoms with Crippen LogP contribution in [0, 0.1) is 5.92 Å². The lowest BCUT2D eigenvalue weighted by atomic mass is 10.1. The summed E-state index contributed by atoms with van der Waals surface area (Å²) in [4.78, 5) is 37.0. The van der Waals surface area contributed by atoms with E-state index in [4.69, 9.17) is 58.0 Å². The van der Waals surface area contributed by atoms with Crippen LogP contribution in [-0.2, 0) is 4.79 Å². The van der Waals surface area contributed by atoms with Crippen molar-refractivity contribution >= 4 is 81.5 Å². The Hall–Kier alpha value is -1.90. The van der Waals surface area contributed by atoms with Gasteiger partial charge in [-0.05, 0) is 55.8 Å². The lowest BCUT2D eigenvalue weighted by Gasteiger charge is -2.12. The number of carbonyl (C=O) groups is 3. The van der Waals surface area contributed by atoms with E-state index in [1.165, 1.54) is 18.2 Å². The third kappa shape index (κ3) is 6.16. The van der Waals surface area contributed by atoms with Gasteiger partial charge in [0.2, 0.25) is 5.91 Å². The van der Waals surface area contributed by atoms with Gasteiger partial charge in [-0.3, -0.25) is 15.0 Å². The SMILES string of the molecule is CC(C)NC(=O)NNC(=O)c1cc(NC(=O)C2C(c3cc(Cl)cc(Cl)c3)C2(Cl)Cl)ccc1Cl. The lowest BCUT2D eigenvalue weighted by molar-refractivity contribution is -0.117. The van der Waals surface area contributed by atoms with Crippen LogP contribution in [0.4, 0.5) is 10.5 Å². The molecule has 4 amide bonds. The number of urea groups is 1. The molecule has 2 aromatic rings. The van der Waals surface area contributed by atoms with E-state index in [0.29, 0.717) is 21.3 Å². The third-order valence-electron chi connectivity index (χ3n) is 4.77. The summed E-state index contributed by atoms with van der Waals surface area (Å²) in [5.41, 5.74) is 5.44. The summed E-state index contributed by atoms with van der Waals surface area (Å²) in [5, 5.41) is 6.17. The van der Waals surface area contributed by atoms with E-state index in [1.807, 2.05) is 0 Å². The minimum Gasteiger partial charge on any atom is -0.335 e. The Morgan fingerprint density at radius 1 is 0.939 bits per heavy atom. The molecule has 0 aromatic heterocycles. The predicted octanol–water partition coefficient (Wildman–Crippen LogP) is 5.53. The molecule has 2 aromatic carbocycles. The van der Waals surface area contributed by atoms with Crippen LogP contribution in [0.5, 0.6) is 0 Å². The molecule has 1 aliphatic carbocycles. The molecule has 0 saturated heterocycles. The summed E-state index contributed by atoms with van der Waals surface area (Å²) in [7, 11) is 0. The topological polar surface area (TPSA) is 99.3 Å². The van der Waals surface area contributed by atoms with E-state index >= 15 is 0 Å². The van der Waals surface area contributed by atoms with Crippen LogP contribution < -0.4 is 21.5 Å². The van der Waals surface area contributed by atoms with Gasteiger partial charge in [0.1, 0.15) is 4.33 Å². The van der Waals surface area contributed by atoms with Crippen molar-refractivity contribution in [3.05, 3.63) is 62.6 Å². The van der Waals surface area contributed by atoms with Gasteiger partial charge in [-0.1, -0.05) is 34.8 Å².